The van der Waals surface area contributed by atoms with Gasteiger partial charge < -0.3 is 15.4 Å². The van der Waals surface area contributed by atoms with E-state index in [-0.39, 0.29) is 30.1 Å². The van der Waals surface area contributed by atoms with Gasteiger partial charge in [0, 0.05) is 13.5 Å². The summed E-state index contributed by atoms with van der Waals surface area (Å²) in [7, 11) is 1.57. The number of piperidine rings is 1. The van der Waals surface area contributed by atoms with Crippen molar-refractivity contribution in [3.63, 3.8) is 0 Å². The number of carbonyl (C=O) groups is 1. The molecule has 1 aliphatic rings. The molecule has 2 aromatic carbocycles. The zero-order chi connectivity index (χ0) is 25.9. The average molecular weight is 502 g/mol. The fourth-order valence-electron chi connectivity index (χ4n) is 4.31. The Morgan fingerprint density at radius 3 is 2.17 bits per heavy atom. The highest BCUT2D eigenvalue weighted by Gasteiger charge is 2.39. The Bertz CT molecular complexity index is 967. The number of rotatable bonds is 7. The summed E-state index contributed by atoms with van der Waals surface area (Å²) in [5.74, 6) is 0.0286. The Morgan fingerprint density at radius 1 is 1.09 bits per heavy atom. The van der Waals surface area contributed by atoms with Crippen molar-refractivity contribution in [2.24, 2.45) is 5.92 Å². The lowest BCUT2D eigenvalue weighted by Crippen LogP contribution is -2.52. The average Bonchev–Trinajstić information content (AvgIpc) is 2.82. The molecular formula is C25H28F6N2O2. The smallest absolute Gasteiger partial charge is 0.372 e. The number of benzene rings is 2. The number of hydrogen-bond acceptors (Lipinski definition) is 3. The van der Waals surface area contributed by atoms with E-state index in [1.165, 1.54) is 6.92 Å². The molecule has 4 nitrogen and oxygen atoms in total. The van der Waals surface area contributed by atoms with Crippen LogP contribution in [0, 0.1) is 5.92 Å². The van der Waals surface area contributed by atoms with Crippen LogP contribution in [0.4, 0.5) is 26.3 Å². The Hall–Kier alpha value is -2.59. The number of ether oxygens (including phenoxy) is 1. The van der Waals surface area contributed by atoms with Gasteiger partial charge in [-0.3, -0.25) is 4.79 Å². The lowest BCUT2D eigenvalue weighted by atomic mass is 9.78. The molecule has 1 amide bonds. The van der Waals surface area contributed by atoms with E-state index in [9.17, 15) is 31.1 Å². The van der Waals surface area contributed by atoms with Gasteiger partial charge in [0.05, 0.1) is 29.4 Å². The zero-order valence-electron chi connectivity index (χ0n) is 19.4. The topological polar surface area (TPSA) is 50.4 Å². The molecule has 3 atom stereocenters. The molecule has 2 N–H and O–H groups in total. The molecule has 1 saturated heterocycles. The van der Waals surface area contributed by atoms with Gasteiger partial charge in [0.1, 0.15) is 0 Å². The van der Waals surface area contributed by atoms with Crippen LogP contribution in [0.25, 0.3) is 0 Å². The first-order valence-electron chi connectivity index (χ1n) is 11.3. The van der Waals surface area contributed by atoms with E-state index in [1.54, 1.807) is 7.05 Å². The predicted octanol–water partition coefficient (Wildman–Crippen LogP) is 5.83. The van der Waals surface area contributed by atoms with E-state index in [0.717, 1.165) is 5.56 Å². The monoisotopic (exact) mass is 502 g/mol. The first-order chi connectivity index (χ1) is 16.3. The van der Waals surface area contributed by atoms with Crippen molar-refractivity contribution >= 4 is 5.91 Å². The van der Waals surface area contributed by atoms with Crippen LogP contribution < -0.4 is 10.6 Å². The molecule has 35 heavy (non-hydrogen) atoms. The van der Waals surface area contributed by atoms with E-state index in [0.29, 0.717) is 37.9 Å². The predicted molar refractivity (Wildman–Crippen MR) is 118 cm³/mol. The van der Waals surface area contributed by atoms with Gasteiger partial charge in [-0.25, -0.2) is 0 Å². The van der Waals surface area contributed by atoms with Crippen LogP contribution >= 0.6 is 0 Å². The molecule has 10 heteroatoms. The second-order valence-electron chi connectivity index (χ2n) is 8.90. The van der Waals surface area contributed by atoms with Crippen molar-refractivity contribution in [1.29, 1.82) is 0 Å². The van der Waals surface area contributed by atoms with Gasteiger partial charge >= 0.3 is 12.4 Å². The molecule has 0 unspecified atom stereocenters. The van der Waals surface area contributed by atoms with Crippen LogP contribution in [-0.2, 0) is 27.4 Å². The number of hydrogen-bond donors (Lipinski definition) is 2. The highest BCUT2D eigenvalue weighted by Crippen LogP contribution is 2.39. The summed E-state index contributed by atoms with van der Waals surface area (Å²) in [5.41, 5.74) is -2.75. The van der Waals surface area contributed by atoms with Crippen LogP contribution in [-0.4, -0.2) is 26.1 Å². The highest BCUT2D eigenvalue weighted by molar-refractivity contribution is 5.75. The SMILES string of the molecule is CNC(=O)C[C@@H]1CC[C@@](CO[C@H](C)c2cc(C(F)(F)F)cc(C(F)(F)F)c2)(c2ccccc2)NC1. The van der Waals surface area contributed by atoms with Gasteiger partial charge in [-0.05, 0) is 61.6 Å². The number of alkyl halides is 6. The first-order valence-corrected chi connectivity index (χ1v) is 11.3. The normalized spacial score (nSPS) is 22.0. The molecule has 1 aliphatic heterocycles. The maximum absolute atomic E-state index is 13.3. The third kappa shape index (κ3) is 6.76. The molecule has 0 bridgehead atoms. The fourth-order valence-corrected chi connectivity index (χ4v) is 4.31. The van der Waals surface area contributed by atoms with Crippen molar-refractivity contribution in [1.82, 2.24) is 10.6 Å². The molecule has 1 heterocycles. The summed E-state index contributed by atoms with van der Waals surface area (Å²) in [6.07, 6.45) is -9.23. The quantitative estimate of drug-likeness (QED) is 0.469. The van der Waals surface area contributed by atoms with E-state index >= 15 is 0 Å². The number of nitrogens with one attached hydrogen (secondary N) is 2. The van der Waals surface area contributed by atoms with Gasteiger partial charge in [-0.2, -0.15) is 26.3 Å². The lowest BCUT2D eigenvalue weighted by Gasteiger charge is -2.42. The van der Waals surface area contributed by atoms with Crippen molar-refractivity contribution in [2.45, 2.75) is 50.2 Å². The molecule has 3 rings (SSSR count). The van der Waals surface area contributed by atoms with E-state index < -0.39 is 35.1 Å². The summed E-state index contributed by atoms with van der Waals surface area (Å²) >= 11 is 0. The molecule has 0 radical (unpaired) electrons. The minimum absolute atomic E-state index is 0.0302. The van der Waals surface area contributed by atoms with Crippen LogP contribution in [0.5, 0.6) is 0 Å². The van der Waals surface area contributed by atoms with Gasteiger partial charge in [0.15, 0.2) is 0 Å². The lowest BCUT2D eigenvalue weighted by molar-refractivity contribution is -0.143. The zero-order valence-corrected chi connectivity index (χ0v) is 19.4. The van der Waals surface area contributed by atoms with E-state index in [1.807, 2.05) is 30.3 Å². The number of amides is 1. The second-order valence-corrected chi connectivity index (χ2v) is 8.90. The molecule has 0 aliphatic carbocycles. The Kier molecular flexibility index (Phi) is 8.16. The third-order valence-electron chi connectivity index (χ3n) is 6.45. The van der Waals surface area contributed by atoms with E-state index in [4.69, 9.17) is 4.74 Å². The Labute approximate surface area is 200 Å². The summed E-state index contributed by atoms with van der Waals surface area (Å²) < 4.78 is 85.5. The summed E-state index contributed by atoms with van der Waals surface area (Å²) in [4.78, 5) is 11.8. The summed E-state index contributed by atoms with van der Waals surface area (Å²) in [6.45, 7) is 1.98. The van der Waals surface area contributed by atoms with Gasteiger partial charge in [0.25, 0.3) is 0 Å². The number of carbonyl (C=O) groups excluding carboxylic acids is 1. The van der Waals surface area contributed by atoms with Crippen molar-refractivity contribution < 1.29 is 35.9 Å². The second kappa shape index (κ2) is 10.6. The molecular weight excluding hydrogens is 474 g/mol. The van der Waals surface area contributed by atoms with E-state index in [2.05, 4.69) is 10.6 Å². The molecule has 2 aromatic rings. The summed E-state index contributed by atoms with van der Waals surface area (Å²) in [6, 6.07) is 10.8. The highest BCUT2D eigenvalue weighted by atomic mass is 19.4. The summed E-state index contributed by atoms with van der Waals surface area (Å²) in [5, 5.41) is 6.04. The van der Waals surface area contributed by atoms with Crippen molar-refractivity contribution in [3.8, 4) is 0 Å². The fraction of sp³-hybridized carbons (Fsp3) is 0.480. The van der Waals surface area contributed by atoms with Crippen LogP contribution in [0.3, 0.4) is 0 Å². The molecule has 0 saturated carbocycles. The first kappa shape index (κ1) is 27.0. The van der Waals surface area contributed by atoms with Crippen LogP contribution in [0.2, 0.25) is 0 Å². The van der Waals surface area contributed by atoms with Crippen LogP contribution in [0.1, 0.15) is 54.5 Å². The third-order valence-corrected chi connectivity index (χ3v) is 6.45. The van der Waals surface area contributed by atoms with Gasteiger partial charge in [0.2, 0.25) is 5.91 Å². The molecule has 192 valence electrons. The van der Waals surface area contributed by atoms with Crippen molar-refractivity contribution in [2.75, 3.05) is 20.2 Å². The minimum Gasteiger partial charge on any atom is -0.372 e. The Morgan fingerprint density at radius 2 is 1.69 bits per heavy atom. The maximum Gasteiger partial charge on any atom is 0.416 e. The van der Waals surface area contributed by atoms with Crippen molar-refractivity contribution in [3.05, 3.63) is 70.8 Å². The molecule has 0 spiro atoms. The standard InChI is InChI=1S/C25H28F6N2O2/c1-16(18-11-20(24(26,27)28)13-21(12-18)25(29,30)31)35-15-23(19-6-4-3-5-7-19)9-8-17(14-33-23)10-22(34)32-2/h3-7,11-13,16-17,33H,8-10,14-15H2,1-2H3,(H,32,34)/t16-,17+,23-/m1/s1. The Balaban J connectivity index is 1.83. The minimum atomic E-state index is -4.92. The maximum atomic E-state index is 13.3. The van der Waals surface area contributed by atoms with Gasteiger partial charge in [-0.1, -0.05) is 30.3 Å². The largest absolute Gasteiger partial charge is 0.416 e. The molecule has 1 fully saturated rings. The molecule has 0 aromatic heterocycles. The van der Waals surface area contributed by atoms with Gasteiger partial charge in [-0.15, -0.1) is 0 Å². The van der Waals surface area contributed by atoms with Crippen LogP contribution in [0.15, 0.2) is 48.5 Å². The number of halogens is 6.